The average molecular weight is 428 g/mol. The largest absolute Gasteiger partial charge is 0.448 e. The molecule has 1 N–H and O–H groups in total. The summed E-state index contributed by atoms with van der Waals surface area (Å²) in [6.07, 6.45) is 5.38. The van der Waals surface area contributed by atoms with E-state index in [1.54, 1.807) is 11.3 Å². The highest BCUT2D eigenvalue weighted by Crippen LogP contribution is 2.46. The van der Waals surface area contributed by atoms with Crippen molar-refractivity contribution in [2.75, 3.05) is 38.0 Å². The maximum Gasteiger partial charge on any atom is 0.251 e. The predicted octanol–water partition coefficient (Wildman–Crippen LogP) is 3.94. The third-order valence-corrected chi connectivity index (χ3v) is 6.99. The van der Waals surface area contributed by atoms with E-state index in [1.807, 2.05) is 18.2 Å². The number of nitrogens with one attached hydrogen (secondary N) is 1. The van der Waals surface area contributed by atoms with Crippen LogP contribution in [0.25, 0.3) is 0 Å². The van der Waals surface area contributed by atoms with Gasteiger partial charge < -0.3 is 14.8 Å². The van der Waals surface area contributed by atoms with E-state index in [0.29, 0.717) is 6.54 Å². The fraction of sp³-hybridized carbons (Fsp3) is 0.522. The van der Waals surface area contributed by atoms with Crippen LogP contribution < -0.4 is 14.8 Å². The molecule has 160 valence electrons. The highest BCUT2D eigenvalue weighted by Gasteiger charge is 2.42. The molecular weight excluding hydrogens is 398 g/mol. The summed E-state index contributed by atoms with van der Waals surface area (Å²) >= 11 is 1.74. The number of thiophene rings is 1. The fourth-order valence-corrected chi connectivity index (χ4v) is 5.28. The lowest BCUT2D eigenvalue weighted by atomic mass is 9.94. The first-order chi connectivity index (χ1) is 14.7. The van der Waals surface area contributed by atoms with E-state index < -0.39 is 5.79 Å². The summed E-state index contributed by atoms with van der Waals surface area (Å²) < 4.78 is 12.3. The summed E-state index contributed by atoms with van der Waals surface area (Å²) in [7, 11) is 0. The molecule has 1 amide bonds. The highest BCUT2D eigenvalue weighted by atomic mass is 32.1. The first-order valence-corrected chi connectivity index (χ1v) is 11.9. The number of carbonyl (C=O) groups excluding carboxylic acids is 1. The Morgan fingerprint density at radius 3 is 2.53 bits per heavy atom. The van der Waals surface area contributed by atoms with Crippen LogP contribution in [-0.2, 0) is 11.3 Å². The average Bonchev–Trinajstić information content (AvgIpc) is 3.37. The van der Waals surface area contributed by atoms with Crippen molar-refractivity contribution in [3.05, 3.63) is 40.6 Å². The summed E-state index contributed by atoms with van der Waals surface area (Å²) in [4.78, 5) is 17.3. The summed E-state index contributed by atoms with van der Waals surface area (Å²) in [6.45, 7) is 5.25. The van der Waals surface area contributed by atoms with Crippen molar-refractivity contribution in [1.29, 1.82) is 0 Å². The molecule has 2 fully saturated rings. The van der Waals surface area contributed by atoms with Gasteiger partial charge in [-0.1, -0.05) is 6.42 Å². The monoisotopic (exact) mass is 427 g/mol. The molecule has 3 aliphatic rings. The van der Waals surface area contributed by atoms with E-state index in [1.165, 1.54) is 12.0 Å². The van der Waals surface area contributed by atoms with E-state index >= 15 is 0 Å². The second kappa shape index (κ2) is 8.57. The number of benzene rings is 1. The number of nitrogens with zero attached hydrogens (tertiary/aromatic N) is 2. The van der Waals surface area contributed by atoms with Gasteiger partial charge in [-0.2, -0.15) is 11.3 Å². The second-order valence-electron chi connectivity index (χ2n) is 8.57. The van der Waals surface area contributed by atoms with Crippen LogP contribution in [0.5, 0.6) is 11.5 Å². The first kappa shape index (κ1) is 19.8. The van der Waals surface area contributed by atoms with E-state index in [2.05, 4.69) is 31.9 Å². The number of fused-ring (bicyclic) bond motifs is 1. The van der Waals surface area contributed by atoms with Gasteiger partial charge in [0.1, 0.15) is 0 Å². The van der Waals surface area contributed by atoms with E-state index in [4.69, 9.17) is 9.47 Å². The third kappa shape index (κ3) is 4.48. The standard InChI is InChI=1S/C23H29N3O3S/c27-22(16-26-11-9-25(10-12-26)15-18-6-13-30-17-18)24-19-4-5-20-21(14-19)29-23(28-20)7-2-1-3-8-23/h4-6,13-14,17H,1-3,7-12,15-16H2,(H,24,27). The van der Waals surface area contributed by atoms with Crippen LogP contribution in [0.2, 0.25) is 0 Å². The number of piperazine rings is 1. The van der Waals surface area contributed by atoms with Gasteiger partial charge in [0.15, 0.2) is 11.5 Å². The maximum atomic E-state index is 12.6. The molecule has 1 aromatic carbocycles. The topological polar surface area (TPSA) is 54.0 Å². The Balaban J connectivity index is 1.11. The zero-order valence-corrected chi connectivity index (χ0v) is 18.1. The molecule has 2 aromatic rings. The molecule has 1 saturated carbocycles. The van der Waals surface area contributed by atoms with Crippen molar-refractivity contribution in [3.63, 3.8) is 0 Å². The van der Waals surface area contributed by atoms with Crippen LogP contribution in [0, 0.1) is 0 Å². The van der Waals surface area contributed by atoms with E-state index in [9.17, 15) is 4.79 Å². The van der Waals surface area contributed by atoms with Crippen LogP contribution in [0.3, 0.4) is 0 Å². The van der Waals surface area contributed by atoms with Crippen LogP contribution in [0.4, 0.5) is 5.69 Å². The first-order valence-electron chi connectivity index (χ1n) is 11.0. The molecule has 1 spiro atoms. The molecule has 1 aromatic heterocycles. The van der Waals surface area contributed by atoms with Gasteiger partial charge in [-0.15, -0.1) is 0 Å². The minimum Gasteiger partial charge on any atom is -0.448 e. The Morgan fingerprint density at radius 2 is 1.77 bits per heavy atom. The number of hydrogen-bond acceptors (Lipinski definition) is 6. The van der Waals surface area contributed by atoms with Crippen molar-refractivity contribution >= 4 is 22.9 Å². The molecule has 0 radical (unpaired) electrons. The molecule has 0 bridgehead atoms. The number of amides is 1. The van der Waals surface area contributed by atoms with E-state index in [0.717, 1.165) is 75.6 Å². The number of hydrogen-bond donors (Lipinski definition) is 1. The molecule has 2 aliphatic heterocycles. The third-order valence-electron chi connectivity index (χ3n) is 6.25. The molecule has 0 unspecified atom stereocenters. The van der Waals surface area contributed by atoms with Crippen LogP contribution in [0.15, 0.2) is 35.0 Å². The number of ether oxygens (including phenoxy) is 2. The van der Waals surface area contributed by atoms with Crippen molar-refractivity contribution in [3.8, 4) is 11.5 Å². The van der Waals surface area contributed by atoms with Gasteiger partial charge in [-0.05, 0) is 47.4 Å². The Kier molecular flexibility index (Phi) is 5.67. The van der Waals surface area contributed by atoms with E-state index in [-0.39, 0.29) is 5.91 Å². The number of anilines is 1. The zero-order valence-electron chi connectivity index (χ0n) is 17.3. The van der Waals surface area contributed by atoms with Gasteiger partial charge in [0, 0.05) is 57.3 Å². The quantitative estimate of drug-likeness (QED) is 0.783. The molecule has 3 heterocycles. The Morgan fingerprint density at radius 1 is 1.00 bits per heavy atom. The number of carbonyl (C=O) groups is 1. The van der Waals surface area contributed by atoms with Gasteiger partial charge >= 0.3 is 0 Å². The van der Waals surface area contributed by atoms with Gasteiger partial charge in [0.25, 0.3) is 5.79 Å². The zero-order chi connectivity index (χ0) is 20.4. The smallest absolute Gasteiger partial charge is 0.251 e. The second-order valence-corrected chi connectivity index (χ2v) is 9.35. The summed E-state index contributed by atoms with van der Waals surface area (Å²) in [5, 5.41) is 7.37. The molecule has 30 heavy (non-hydrogen) atoms. The van der Waals surface area contributed by atoms with Gasteiger partial charge in [-0.3, -0.25) is 14.6 Å². The fourth-order valence-electron chi connectivity index (χ4n) is 4.62. The number of rotatable bonds is 5. The van der Waals surface area contributed by atoms with Crippen LogP contribution >= 0.6 is 11.3 Å². The van der Waals surface area contributed by atoms with Gasteiger partial charge in [0.2, 0.25) is 5.91 Å². The lowest BCUT2D eigenvalue weighted by Crippen LogP contribution is -2.48. The molecule has 1 saturated heterocycles. The molecular formula is C23H29N3O3S. The Labute approximate surface area is 181 Å². The molecule has 7 heteroatoms. The molecule has 6 nitrogen and oxygen atoms in total. The maximum absolute atomic E-state index is 12.6. The molecule has 1 aliphatic carbocycles. The van der Waals surface area contributed by atoms with Crippen molar-refractivity contribution in [2.24, 2.45) is 0 Å². The van der Waals surface area contributed by atoms with Gasteiger partial charge in [0.05, 0.1) is 6.54 Å². The summed E-state index contributed by atoms with van der Waals surface area (Å²) in [5.74, 6) is 1.08. The van der Waals surface area contributed by atoms with Crippen molar-refractivity contribution in [2.45, 2.75) is 44.4 Å². The lowest BCUT2D eigenvalue weighted by molar-refractivity contribution is -0.117. The Hall–Kier alpha value is -2.09. The SMILES string of the molecule is O=C(CN1CCN(Cc2ccsc2)CC1)Nc1ccc2c(c1)OC1(CCCCC1)O2. The lowest BCUT2D eigenvalue weighted by Gasteiger charge is -2.34. The van der Waals surface area contributed by atoms with Crippen molar-refractivity contribution < 1.29 is 14.3 Å². The highest BCUT2D eigenvalue weighted by molar-refractivity contribution is 7.07. The van der Waals surface area contributed by atoms with Gasteiger partial charge in [-0.25, -0.2) is 0 Å². The molecule has 0 atom stereocenters. The minimum absolute atomic E-state index is 0.0209. The van der Waals surface area contributed by atoms with Crippen LogP contribution in [-0.4, -0.2) is 54.2 Å². The summed E-state index contributed by atoms with van der Waals surface area (Å²) in [5.41, 5.74) is 2.15. The van der Waals surface area contributed by atoms with Crippen molar-refractivity contribution in [1.82, 2.24) is 9.80 Å². The molecule has 5 rings (SSSR count). The predicted molar refractivity (Wildman–Crippen MR) is 118 cm³/mol. The Bertz CT molecular complexity index is 872. The minimum atomic E-state index is -0.480. The summed E-state index contributed by atoms with van der Waals surface area (Å²) in [6, 6.07) is 7.90. The van der Waals surface area contributed by atoms with Crippen LogP contribution in [0.1, 0.15) is 37.7 Å². The normalized spacial score (nSPS) is 21.1.